The van der Waals surface area contributed by atoms with Crippen molar-refractivity contribution in [1.29, 1.82) is 0 Å². The molecule has 1 aromatic rings. The average Bonchev–Trinajstić information content (AvgIpc) is 2.82. The van der Waals surface area contributed by atoms with Gasteiger partial charge < -0.3 is 5.32 Å². The lowest BCUT2D eigenvalue weighted by Gasteiger charge is -2.11. The van der Waals surface area contributed by atoms with Crippen molar-refractivity contribution in [2.45, 2.75) is 38.6 Å². The van der Waals surface area contributed by atoms with Crippen molar-refractivity contribution in [3.05, 3.63) is 35.4 Å². The summed E-state index contributed by atoms with van der Waals surface area (Å²) >= 11 is 0. The predicted octanol–water partition coefficient (Wildman–Crippen LogP) is 2.56. The molecule has 1 aromatic carbocycles. The Bertz CT molecular complexity index is 416. The van der Waals surface area contributed by atoms with Crippen LogP contribution in [-0.2, 0) is 0 Å². The van der Waals surface area contributed by atoms with Crippen LogP contribution in [0.2, 0.25) is 0 Å². The van der Waals surface area contributed by atoms with Gasteiger partial charge in [0, 0.05) is 17.2 Å². The molecule has 1 N–H and O–H groups in total. The van der Waals surface area contributed by atoms with Crippen molar-refractivity contribution in [1.82, 2.24) is 5.32 Å². The maximum Gasteiger partial charge on any atom is 0.251 e. The molecule has 3 heteroatoms. The van der Waals surface area contributed by atoms with Gasteiger partial charge in [-0.1, -0.05) is 25.0 Å². The van der Waals surface area contributed by atoms with E-state index in [0.717, 1.165) is 12.8 Å². The number of ketones is 1. The summed E-state index contributed by atoms with van der Waals surface area (Å²) in [7, 11) is 0. The highest BCUT2D eigenvalue weighted by atomic mass is 16.1. The number of benzene rings is 1. The second-order valence-corrected chi connectivity index (χ2v) is 4.59. The average molecular weight is 231 g/mol. The lowest BCUT2D eigenvalue weighted by atomic mass is 10.1. The molecule has 0 saturated heterocycles. The van der Waals surface area contributed by atoms with Crippen LogP contribution in [0.5, 0.6) is 0 Å². The number of hydrogen-bond donors (Lipinski definition) is 1. The minimum Gasteiger partial charge on any atom is -0.349 e. The van der Waals surface area contributed by atoms with E-state index in [0.29, 0.717) is 17.2 Å². The van der Waals surface area contributed by atoms with Crippen LogP contribution in [0, 0.1) is 0 Å². The van der Waals surface area contributed by atoms with E-state index in [9.17, 15) is 9.59 Å². The van der Waals surface area contributed by atoms with Crippen LogP contribution in [0.4, 0.5) is 0 Å². The Kier molecular flexibility index (Phi) is 3.57. The van der Waals surface area contributed by atoms with Crippen LogP contribution in [0.1, 0.15) is 53.3 Å². The zero-order valence-electron chi connectivity index (χ0n) is 10.0. The molecular weight excluding hydrogens is 214 g/mol. The number of amides is 1. The second-order valence-electron chi connectivity index (χ2n) is 4.59. The summed E-state index contributed by atoms with van der Waals surface area (Å²) in [5.74, 6) is -0.0141. The van der Waals surface area contributed by atoms with E-state index in [1.165, 1.54) is 19.8 Å². The van der Waals surface area contributed by atoms with Gasteiger partial charge >= 0.3 is 0 Å². The number of carbonyl (C=O) groups excluding carboxylic acids is 2. The normalized spacial score (nSPS) is 15.8. The van der Waals surface area contributed by atoms with Gasteiger partial charge in [0.15, 0.2) is 5.78 Å². The Morgan fingerprint density at radius 2 is 1.59 bits per heavy atom. The van der Waals surface area contributed by atoms with E-state index >= 15 is 0 Å². The molecule has 0 atom stereocenters. The molecule has 1 fully saturated rings. The zero-order valence-corrected chi connectivity index (χ0v) is 10.0. The van der Waals surface area contributed by atoms with Crippen LogP contribution in [-0.4, -0.2) is 17.7 Å². The monoisotopic (exact) mass is 231 g/mol. The van der Waals surface area contributed by atoms with Gasteiger partial charge in [0.25, 0.3) is 5.91 Å². The van der Waals surface area contributed by atoms with E-state index in [2.05, 4.69) is 5.32 Å². The molecule has 17 heavy (non-hydrogen) atoms. The quantitative estimate of drug-likeness (QED) is 0.813. The van der Waals surface area contributed by atoms with E-state index in [1.54, 1.807) is 24.3 Å². The number of nitrogens with one attached hydrogen (secondary N) is 1. The zero-order chi connectivity index (χ0) is 12.3. The SMILES string of the molecule is CC(=O)c1ccc(C(=O)NC2CCCC2)cc1. The number of rotatable bonds is 3. The fourth-order valence-electron chi connectivity index (χ4n) is 2.20. The highest BCUT2D eigenvalue weighted by Gasteiger charge is 2.17. The summed E-state index contributed by atoms with van der Waals surface area (Å²) < 4.78 is 0. The molecule has 3 nitrogen and oxygen atoms in total. The number of Topliss-reactive ketones (excluding diaryl/α,β-unsaturated/α-hetero) is 1. The molecular formula is C14H17NO2. The molecule has 1 aliphatic carbocycles. The van der Waals surface area contributed by atoms with Crippen molar-refractivity contribution < 1.29 is 9.59 Å². The fraction of sp³-hybridized carbons (Fsp3) is 0.429. The first-order chi connectivity index (χ1) is 8.16. The summed E-state index contributed by atoms with van der Waals surface area (Å²) in [5.41, 5.74) is 1.27. The molecule has 0 spiro atoms. The first-order valence-electron chi connectivity index (χ1n) is 6.08. The maximum atomic E-state index is 11.9. The molecule has 0 heterocycles. The first kappa shape index (κ1) is 11.8. The Hall–Kier alpha value is -1.64. The summed E-state index contributed by atoms with van der Waals surface area (Å²) in [5, 5.41) is 3.02. The van der Waals surface area contributed by atoms with Gasteiger partial charge in [-0.05, 0) is 31.9 Å². The van der Waals surface area contributed by atoms with Gasteiger partial charge in [0.05, 0.1) is 0 Å². The fourth-order valence-corrected chi connectivity index (χ4v) is 2.20. The molecule has 1 amide bonds. The summed E-state index contributed by atoms with van der Waals surface area (Å²) in [4.78, 5) is 23.0. The Balaban J connectivity index is 2.01. The molecule has 90 valence electrons. The van der Waals surface area contributed by atoms with Crippen LogP contribution < -0.4 is 5.32 Å². The highest BCUT2D eigenvalue weighted by Crippen LogP contribution is 2.18. The van der Waals surface area contributed by atoms with Gasteiger partial charge in [-0.3, -0.25) is 9.59 Å². The molecule has 2 rings (SSSR count). The third-order valence-corrected chi connectivity index (χ3v) is 3.24. The lowest BCUT2D eigenvalue weighted by molar-refractivity contribution is 0.0936. The molecule has 0 unspecified atom stereocenters. The summed E-state index contributed by atoms with van der Waals surface area (Å²) in [6.45, 7) is 1.52. The maximum absolute atomic E-state index is 11.9. The van der Waals surface area contributed by atoms with Crippen LogP contribution in [0.3, 0.4) is 0 Å². The smallest absolute Gasteiger partial charge is 0.251 e. The van der Waals surface area contributed by atoms with Gasteiger partial charge in [0.1, 0.15) is 0 Å². The highest BCUT2D eigenvalue weighted by molar-refractivity contribution is 5.97. The third-order valence-electron chi connectivity index (χ3n) is 3.24. The van der Waals surface area contributed by atoms with E-state index in [1.807, 2.05) is 0 Å². The minimum atomic E-state index is -0.0352. The number of carbonyl (C=O) groups is 2. The van der Waals surface area contributed by atoms with Crippen molar-refractivity contribution >= 4 is 11.7 Å². The second kappa shape index (κ2) is 5.13. The minimum absolute atomic E-state index is 0.0211. The first-order valence-corrected chi connectivity index (χ1v) is 6.08. The van der Waals surface area contributed by atoms with E-state index < -0.39 is 0 Å². The van der Waals surface area contributed by atoms with E-state index in [-0.39, 0.29) is 11.7 Å². The van der Waals surface area contributed by atoms with E-state index in [4.69, 9.17) is 0 Å². The third kappa shape index (κ3) is 2.93. The molecule has 0 aromatic heterocycles. The molecule has 1 aliphatic rings. The van der Waals surface area contributed by atoms with Crippen molar-refractivity contribution in [3.63, 3.8) is 0 Å². The Labute approximate surface area is 101 Å². The standard InChI is InChI=1S/C14H17NO2/c1-10(16)11-6-8-12(9-7-11)14(17)15-13-4-2-3-5-13/h6-9,13H,2-5H2,1H3,(H,15,17). The lowest BCUT2D eigenvalue weighted by Crippen LogP contribution is -2.32. The van der Waals surface area contributed by atoms with Gasteiger partial charge in [-0.2, -0.15) is 0 Å². The van der Waals surface area contributed by atoms with Gasteiger partial charge in [-0.15, -0.1) is 0 Å². The van der Waals surface area contributed by atoms with Crippen LogP contribution >= 0.6 is 0 Å². The predicted molar refractivity (Wildman–Crippen MR) is 66.2 cm³/mol. The molecule has 1 saturated carbocycles. The van der Waals surface area contributed by atoms with Crippen molar-refractivity contribution in [2.75, 3.05) is 0 Å². The summed E-state index contributed by atoms with van der Waals surface area (Å²) in [6.07, 6.45) is 4.57. The van der Waals surface area contributed by atoms with Gasteiger partial charge in [-0.25, -0.2) is 0 Å². The molecule has 0 aliphatic heterocycles. The van der Waals surface area contributed by atoms with Crippen molar-refractivity contribution in [3.8, 4) is 0 Å². The Morgan fingerprint density at radius 1 is 1.06 bits per heavy atom. The molecule has 0 radical (unpaired) electrons. The van der Waals surface area contributed by atoms with Gasteiger partial charge in [0.2, 0.25) is 0 Å². The molecule has 0 bridgehead atoms. The largest absolute Gasteiger partial charge is 0.349 e. The van der Waals surface area contributed by atoms with Crippen LogP contribution in [0.25, 0.3) is 0 Å². The topological polar surface area (TPSA) is 46.2 Å². The Morgan fingerprint density at radius 3 is 2.12 bits per heavy atom. The van der Waals surface area contributed by atoms with Crippen LogP contribution in [0.15, 0.2) is 24.3 Å². The number of hydrogen-bond acceptors (Lipinski definition) is 2. The van der Waals surface area contributed by atoms with Crippen molar-refractivity contribution in [2.24, 2.45) is 0 Å². The summed E-state index contributed by atoms with van der Waals surface area (Å²) in [6, 6.07) is 7.15.